The van der Waals surface area contributed by atoms with Crippen LogP contribution >= 0.6 is 0 Å². The van der Waals surface area contributed by atoms with Gasteiger partial charge in [0.05, 0.1) is 18.2 Å². The molecule has 2 heterocycles. The number of carbonyl (C=O) groups is 1. The Kier molecular flexibility index (Phi) is 5.39. The first-order valence-corrected chi connectivity index (χ1v) is 9.91. The summed E-state index contributed by atoms with van der Waals surface area (Å²) in [5.41, 5.74) is 0.754. The zero-order valence-electron chi connectivity index (χ0n) is 17.0. The maximum atomic E-state index is 14.0. The highest BCUT2D eigenvalue weighted by Gasteiger charge is 2.27. The van der Waals surface area contributed by atoms with Gasteiger partial charge in [-0.25, -0.2) is 9.07 Å². The van der Waals surface area contributed by atoms with Crippen molar-refractivity contribution in [2.24, 2.45) is 0 Å². The molecule has 7 nitrogen and oxygen atoms in total. The van der Waals surface area contributed by atoms with Gasteiger partial charge in [0, 0.05) is 38.1 Å². The highest BCUT2D eigenvalue weighted by molar-refractivity contribution is 6.04. The largest absolute Gasteiger partial charge is 0.492 e. The SMILES string of the molecule is CCn1nc(C(=O)N2CCN(c3cccc(F)c3OC)CC2)c2ccccc2c1=O. The Bertz CT molecular complexity index is 1150. The van der Waals surface area contributed by atoms with Crippen molar-refractivity contribution in [2.75, 3.05) is 38.2 Å². The molecule has 156 valence electrons. The molecule has 0 spiro atoms. The normalized spacial score (nSPS) is 14.2. The number of nitrogens with zero attached hydrogens (tertiary/aromatic N) is 4. The van der Waals surface area contributed by atoms with E-state index in [0.717, 1.165) is 0 Å². The van der Waals surface area contributed by atoms with Crippen LogP contribution in [0.1, 0.15) is 17.4 Å². The lowest BCUT2D eigenvalue weighted by atomic mass is 10.1. The van der Waals surface area contributed by atoms with Gasteiger partial charge in [0.1, 0.15) is 0 Å². The number of carbonyl (C=O) groups excluding carboxylic acids is 1. The number of aromatic nitrogens is 2. The van der Waals surface area contributed by atoms with E-state index in [1.165, 1.54) is 17.9 Å². The predicted molar refractivity (Wildman–Crippen MR) is 113 cm³/mol. The number of aryl methyl sites for hydroxylation is 1. The molecule has 1 aromatic heterocycles. The Labute approximate surface area is 173 Å². The second-order valence-electron chi connectivity index (χ2n) is 7.09. The van der Waals surface area contributed by atoms with E-state index < -0.39 is 5.82 Å². The molecule has 1 saturated heterocycles. The summed E-state index contributed by atoms with van der Waals surface area (Å²) >= 11 is 0. The highest BCUT2D eigenvalue weighted by Crippen LogP contribution is 2.31. The molecule has 4 rings (SSSR count). The van der Waals surface area contributed by atoms with Gasteiger partial charge in [0.2, 0.25) is 0 Å². The molecular formula is C22H23FN4O3. The summed E-state index contributed by atoms with van der Waals surface area (Å²) in [7, 11) is 1.45. The van der Waals surface area contributed by atoms with Crippen molar-refractivity contribution in [1.82, 2.24) is 14.7 Å². The zero-order chi connectivity index (χ0) is 21.3. The first kappa shape index (κ1) is 19.9. The van der Waals surface area contributed by atoms with Gasteiger partial charge in [-0.1, -0.05) is 24.3 Å². The zero-order valence-corrected chi connectivity index (χ0v) is 17.0. The van der Waals surface area contributed by atoms with E-state index >= 15 is 0 Å². The molecule has 0 aliphatic carbocycles. The second-order valence-corrected chi connectivity index (χ2v) is 7.09. The van der Waals surface area contributed by atoms with Crippen LogP contribution in [0.4, 0.5) is 10.1 Å². The fraction of sp³-hybridized carbons (Fsp3) is 0.318. The van der Waals surface area contributed by atoms with Gasteiger partial charge in [-0.15, -0.1) is 0 Å². The minimum absolute atomic E-state index is 0.201. The Hall–Kier alpha value is -3.42. The summed E-state index contributed by atoms with van der Waals surface area (Å²) in [5, 5.41) is 5.39. The van der Waals surface area contributed by atoms with E-state index in [4.69, 9.17) is 4.74 Å². The number of fused-ring (bicyclic) bond motifs is 1. The van der Waals surface area contributed by atoms with Gasteiger partial charge in [-0.3, -0.25) is 9.59 Å². The number of benzene rings is 2. The summed E-state index contributed by atoms with van der Waals surface area (Å²) in [4.78, 5) is 29.5. The lowest BCUT2D eigenvalue weighted by Crippen LogP contribution is -2.49. The van der Waals surface area contributed by atoms with Crippen molar-refractivity contribution in [1.29, 1.82) is 0 Å². The Balaban J connectivity index is 1.60. The first-order valence-electron chi connectivity index (χ1n) is 9.91. The molecule has 1 aliphatic rings. The number of methoxy groups -OCH3 is 1. The smallest absolute Gasteiger partial charge is 0.275 e. The highest BCUT2D eigenvalue weighted by atomic mass is 19.1. The number of hydrogen-bond donors (Lipinski definition) is 0. The number of hydrogen-bond acceptors (Lipinski definition) is 5. The monoisotopic (exact) mass is 410 g/mol. The minimum Gasteiger partial charge on any atom is -0.492 e. The third kappa shape index (κ3) is 3.38. The van der Waals surface area contributed by atoms with E-state index in [2.05, 4.69) is 5.10 Å². The third-order valence-corrected chi connectivity index (χ3v) is 5.43. The van der Waals surface area contributed by atoms with Crippen molar-refractivity contribution in [3.63, 3.8) is 0 Å². The van der Waals surface area contributed by atoms with Gasteiger partial charge in [0.25, 0.3) is 11.5 Å². The van der Waals surface area contributed by atoms with Crippen molar-refractivity contribution < 1.29 is 13.9 Å². The van der Waals surface area contributed by atoms with E-state index in [0.29, 0.717) is 49.2 Å². The van der Waals surface area contributed by atoms with Crippen molar-refractivity contribution >= 4 is 22.4 Å². The van der Waals surface area contributed by atoms with Crippen LogP contribution in [-0.2, 0) is 6.54 Å². The first-order chi connectivity index (χ1) is 14.5. The fourth-order valence-corrected chi connectivity index (χ4v) is 3.86. The fourth-order valence-electron chi connectivity index (χ4n) is 3.86. The molecule has 2 aromatic carbocycles. The predicted octanol–water partition coefficient (Wildman–Crippen LogP) is 2.53. The molecule has 0 saturated carbocycles. The van der Waals surface area contributed by atoms with Gasteiger partial charge < -0.3 is 14.5 Å². The maximum absolute atomic E-state index is 14.0. The van der Waals surface area contributed by atoms with Gasteiger partial charge >= 0.3 is 0 Å². The van der Waals surface area contributed by atoms with Crippen LogP contribution in [0.15, 0.2) is 47.3 Å². The molecule has 0 radical (unpaired) electrons. The van der Waals surface area contributed by atoms with Crippen molar-refractivity contribution in [3.8, 4) is 5.75 Å². The number of piperazine rings is 1. The van der Waals surface area contributed by atoms with Crippen LogP contribution in [0.3, 0.4) is 0 Å². The van der Waals surface area contributed by atoms with Crippen LogP contribution in [-0.4, -0.2) is 53.9 Å². The molecule has 1 fully saturated rings. The van der Waals surface area contributed by atoms with Crippen LogP contribution < -0.4 is 15.2 Å². The third-order valence-electron chi connectivity index (χ3n) is 5.43. The average molecular weight is 410 g/mol. The topological polar surface area (TPSA) is 67.7 Å². The lowest BCUT2D eigenvalue weighted by molar-refractivity contribution is 0.0740. The number of halogens is 1. The average Bonchev–Trinajstić information content (AvgIpc) is 2.79. The Morgan fingerprint density at radius 3 is 2.43 bits per heavy atom. The maximum Gasteiger partial charge on any atom is 0.275 e. The Morgan fingerprint density at radius 1 is 1.07 bits per heavy atom. The van der Waals surface area contributed by atoms with Crippen LogP contribution in [0.25, 0.3) is 10.8 Å². The van der Waals surface area contributed by atoms with Crippen molar-refractivity contribution in [3.05, 3.63) is 64.3 Å². The number of rotatable bonds is 4. The van der Waals surface area contributed by atoms with Crippen molar-refractivity contribution in [2.45, 2.75) is 13.5 Å². The summed E-state index contributed by atoms with van der Waals surface area (Å²) in [6.07, 6.45) is 0. The summed E-state index contributed by atoms with van der Waals surface area (Å²) in [5.74, 6) is -0.412. The molecule has 0 bridgehead atoms. The quantitative estimate of drug-likeness (QED) is 0.661. The molecule has 1 amide bonds. The molecule has 3 aromatic rings. The minimum atomic E-state index is -0.411. The van der Waals surface area contributed by atoms with E-state index in [-0.39, 0.29) is 22.9 Å². The summed E-state index contributed by atoms with van der Waals surface area (Å²) in [6.45, 7) is 4.20. The molecule has 8 heteroatoms. The number of para-hydroxylation sites is 1. The van der Waals surface area contributed by atoms with Crippen LogP contribution in [0.5, 0.6) is 5.75 Å². The molecule has 0 atom stereocenters. The number of ether oxygens (including phenoxy) is 1. The van der Waals surface area contributed by atoms with E-state index in [9.17, 15) is 14.0 Å². The van der Waals surface area contributed by atoms with Crippen LogP contribution in [0.2, 0.25) is 0 Å². The molecule has 0 unspecified atom stereocenters. The van der Waals surface area contributed by atoms with Crippen LogP contribution in [0, 0.1) is 5.82 Å². The lowest BCUT2D eigenvalue weighted by Gasteiger charge is -2.36. The standard InChI is InChI=1S/C22H23FN4O3/c1-3-27-21(28)16-8-5-4-7-15(16)19(24-27)22(29)26-13-11-25(12-14-26)18-10-6-9-17(23)20(18)30-2/h4-10H,3,11-14H2,1-2H3. The van der Waals surface area contributed by atoms with E-state index in [1.54, 1.807) is 35.2 Å². The molecule has 0 N–H and O–H groups in total. The molecular weight excluding hydrogens is 387 g/mol. The van der Waals surface area contributed by atoms with E-state index in [1.807, 2.05) is 17.9 Å². The molecule has 1 aliphatic heterocycles. The van der Waals surface area contributed by atoms with Gasteiger partial charge in [-0.05, 0) is 25.1 Å². The summed E-state index contributed by atoms with van der Waals surface area (Å²) < 4.78 is 20.6. The van der Waals surface area contributed by atoms with Gasteiger partial charge in [-0.2, -0.15) is 5.10 Å². The molecule has 30 heavy (non-hydrogen) atoms. The number of anilines is 1. The van der Waals surface area contributed by atoms with Gasteiger partial charge in [0.15, 0.2) is 17.3 Å². The Morgan fingerprint density at radius 2 is 1.77 bits per heavy atom. The summed E-state index contributed by atoms with van der Waals surface area (Å²) in [6, 6.07) is 11.9. The second kappa shape index (κ2) is 8.14. The number of amides is 1.